The van der Waals surface area contributed by atoms with Crippen molar-refractivity contribution >= 4 is 22.2 Å². The second-order valence-corrected chi connectivity index (χ2v) is 6.57. The average molecular weight is 345 g/mol. The maximum atomic E-state index is 4.34. The summed E-state index contributed by atoms with van der Waals surface area (Å²) in [6, 6.07) is 12.4. The molecule has 1 saturated heterocycles. The van der Waals surface area contributed by atoms with E-state index in [0.29, 0.717) is 0 Å². The molecule has 1 aliphatic rings. The monoisotopic (exact) mass is 345 g/mol. The fourth-order valence-corrected chi connectivity index (χ4v) is 3.53. The van der Waals surface area contributed by atoms with Gasteiger partial charge in [0.1, 0.15) is 6.33 Å². The van der Waals surface area contributed by atoms with Gasteiger partial charge in [-0.3, -0.25) is 9.30 Å². The standard InChI is InChI=1S/C19H19N7/c1-2-6-26-18(3-1)22-23-19(26)13-24-7-9-25(10-8-24)16-4-5-17-15(11-16)12-20-14-21-17/h1-6,11-12,14H,7-10,13H2. The van der Waals surface area contributed by atoms with Crippen LogP contribution in [0.1, 0.15) is 5.82 Å². The van der Waals surface area contributed by atoms with Crippen molar-refractivity contribution in [2.24, 2.45) is 0 Å². The lowest BCUT2D eigenvalue weighted by atomic mass is 10.2. The third-order valence-corrected chi connectivity index (χ3v) is 4.98. The molecule has 1 fully saturated rings. The molecule has 7 nitrogen and oxygen atoms in total. The van der Waals surface area contributed by atoms with Gasteiger partial charge in [0.25, 0.3) is 0 Å². The first kappa shape index (κ1) is 15.2. The summed E-state index contributed by atoms with van der Waals surface area (Å²) in [5.41, 5.74) is 3.13. The van der Waals surface area contributed by atoms with Gasteiger partial charge in [0.15, 0.2) is 11.5 Å². The molecule has 0 N–H and O–H groups in total. The number of nitrogens with zero attached hydrogens (tertiary/aromatic N) is 7. The van der Waals surface area contributed by atoms with E-state index in [1.165, 1.54) is 5.69 Å². The number of benzene rings is 1. The number of piperazine rings is 1. The van der Waals surface area contributed by atoms with Crippen LogP contribution in [-0.2, 0) is 6.54 Å². The maximum Gasteiger partial charge on any atom is 0.160 e. The molecule has 0 radical (unpaired) electrons. The predicted octanol–water partition coefficient (Wildman–Crippen LogP) is 1.99. The molecule has 0 saturated carbocycles. The Hall–Kier alpha value is -3.06. The molecule has 0 bridgehead atoms. The highest BCUT2D eigenvalue weighted by molar-refractivity contribution is 5.81. The fourth-order valence-electron chi connectivity index (χ4n) is 3.53. The normalized spacial score (nSPS) is 15.8. The summed E-state index contributed by atoms with van der Waals surface area (Å²) < 4.78 is 2.07. The first-order chi connectivity index (χ1) is 12.9. The van der Waals surface area contributed by atoms with E-state index in [4.69, 9.17) is 0 Å². The second kappa shape index (κ2) is 6.34. The number of anilines is 1. The topological polar surface area (TPSA) is 62.5 Å². The van der Waals surface area contributed by atoms with Crippen molar-refractivity contribution in [3.63, 3.8) is 0 Å². The highest BCUT2D eigenvalue weighted by Gasteiger charge is 2.19. The minimum atomic E-state index is 0.824. The molecule has 5 rings (SSSR count). The minimum absolute atomic E-state index is 0.824. The summed E-state index contributed by atoms with van der Waals surface area (Å²) in [5.74, 6) is 0.997. The van der Waals surface area contributed by atoms with E-state index < -0.39 is 0 Å². The van der Waals surface area contributed by atoms with Crippen LogP contribution in [0.3, 0.4) is 0 Å². The van der Waals surface area contributed by atoms with Crippen LogP contribution in [0.4, 0.5) is 5.69 Å². The number of rotatable bonds is 3. The zero-order valence-corrected chi connectivity index (χ0v) is 14.4. The van der Waals surface area contributed by atoms with E-state index in [-0.39, 0.29) is 0 Å². The molecule has 7 heteroatoms. The second-order valence-electron chi connectivity index (χ2n) is 6.57. The number of aromatic nitrogens is 5. The summed E-state index contributed by atoms with van der Waals surface area (Å²) >= 11 is 0. The molecule has 26 heavy (non-hydrogen) atoms. The Balaban J connectivity index is 1.28. The Morgan fingerprint density at radius 3 is 2.81 bits per heavy atom. The van der Waals surface area contributed by atoms with Crippen LogP contribution >= 0.6 is 0 Å². The van der Waals surface area contributed by atoms with Crippen molar-refractivity contribution in [1.29, 1.82) is 0 Å². The van der Waals surface area contributed by atoms with Gasteiger partial charge in [0, 0.05) is 49.6 Å². The number of fused-ring (bicyclic) bond motifs is 2. The molecular weight excluding hydrogens is 326 g/mol. The fraction of sp³-hybridized carbons (Fsp3) is 0.263. The van der Waals surface area contributed by atoms with Crippen molar-refractivity contribution in [1.82, 2.24) is 29.5 Å². The van der Waals surface area contributed by atoms with Crippen molar-refractivity contribution in [2.75, 3.05) is 31.1 Å². The zero-order valence-electron chi connectivity index (χ0n) is 14.4. The van der Waals surface area contributed by atoms with Crippen molar-refractivity contribution < 1.29 is 0 Å². The smallest absolute Gasteiger partial charge is 0.160 e. The molecule has 4 aromatic rings. The van der Waals surface area contributed by atoms with Gasteiger partial charge in [-0.1, -0.05) is 6.07 Å². The zero-order chi connectivity index (χ0) is 17.3. The number of hydrogen-bond donors (Lipinski definition) is 0. The molecule has 0 aliphatic carbocycles. The third kappa shape index (κ3) is 2.76. The summed E-state index contributed by atoms with van der Waals surface area (Å²) in [6.07, 6.45) is 5.49. The van der Waals surface area contributed by atoms with Crippen molar-refractivity contribution in [2.45, 2.75) is 6.54 Å². The van der Waals surface area contributed by atoms with Gasteiger partial charge in [0.05, 0.1) is 12.1 Å². The molecule has 0 spiro atoms. The Morgan fingerprint density at radius 1 is 0.962 bits per heavy atom. The first-order valence-electron chi connectivity index (χ1n) is 8.82. The van der Waals surface area contributed by atoms with E-state index in [9.17, 15) is 0 Å². The Kier molecular flexibility index (Phi) is 3.71. The van der Waals surface area contributed by atoms with E-state index >= 15 is 0 Å². The van der Waals surface area contributed by atoms with Crippen molar-refractivity contribution in [3.8, 4) is 0 Å². The van der Waals surface area contributed by atoms with E-state index in [1.807, 2.05) is 30.6 Å². The summed E-state index contributed by atoms with van der Waals surface area (Å²) in [6.45, 7) is 4.83. The van der Waals surface area contributed by atoms with Gasteiger partial charge in [-0.15, -0.1) is 10.2 Å². The number of hydrogen-bond acceptors (Lipinski definition) is 6. The average Bonchev–Trinajstić information content (AvgIpc) is 3.11. The van der Waals surface area contributed by atoms with Crippen LogP contribution in [0.2, 0.25) is 0 Å². The third-order valence-electron chi connectivity index (χ3n) is 4.98. The van der Waals surface area contributed by atoms with Crippen LogP contribution < -0.4 is 4.90 Å². The van der Waals surface area contributed by atoms with Crippen LogP contribution in [0.15, 0.2) is 55.1 Å². The molecule has 1 aromatic carbocycles. The SMILES string of the molecule is c1ccn2c(CN3CCN(c4ccc5ncncc5c4)CC3)nnc2c1. The van der Waals surface area contributed by atoms with Gasteiger partial charge in [-0.25, -0.2) is 9.97 Å². The van der Waals surface area contributed by atoms with Crippen LogP contribution in [0.5, 0.6) is 0 Å². The first-order valence-corrected chi connectivity index (χ1v) is 8.82. The maximum absolute atomic E-state index is 4.34. The molecule has 130 valence electrons. The molecule has 1 aliphatic heterocycles. The van der Waals surface area contributed by atoms with Gasteiger partial charge in [0.2, 0.25) is 0 Å². The lowest BCUT2D eigenvalue weighted by molar-refractivity contribution is 0.243. The molecule has 0 amide bonds. The Bertz CT molecular complexity index is 1050. The highest BCUT2D eigenvalue weighted by Crippen LogP contribution is 2.22. The minimum Gasteiger partial charge on any atom is -0.369 e. The largest absolute Gasteiger partial charge is 0.369 e. The molecule has 0 atom stereocenters. The van der Waals surface area contributed by atoms with Gasteiger partial charge < -0.3 is 4.90 Å². The van der Waals surface area contributed by atoms with Crippen LogP contribution in [0, 0.1) is 0 Å². The predicted molar refractivity (Wildman–Crippen MR) is 100 cm³/mol. The molecule has 4 heterocycles. The molecule has 0 unspecified atom stereocenters. The van der Waals surface area contributed by atoms with Gasteiger partial charge >= 0.3 is 0 Å². The molecule has 3 aromatic heterocycles. The number of pyridine rings is 1. The highest BCUT2D eigenvalue weighted by atomic mass is 15.3. The van der Waals surface area contributed by atoms with Crippen LogP contribution in [-0.4, -0.2) is 55.6 Å². The van der Waals surface area contributed by atoms with E-state index in [1.54, 1.807) is 6.33 Å². The van der Waals surface area contributed by atoms with Crippen LogP contribution in [0.25, 0.3) is 16.6 Å². The lowest BCUT2D eigenvalue weighted by Gasteiger charge is -2.35. The Labute approximate surface area is 150 Å². The summed E-state index contributed by atoms with van der Waals surface area (Å²) in [7, 11) is 0. The van der Waals surface area contributed by atoms with Crippen molar-refractivity contribution in [3.05, 3.63) is 60.9 Å². The quantitative estimate of drug-likeness (QED) is 0.566. The lowest BCUT2D eigenvalue weighted by Crippen LogP contribution is -2.46. The van der Waals surface area contributed by atoms with E-state index in [0.717, 1.165) is 55.1 Å². The Morgan fingerprint density at radius 2 is 1.88 bits per heavy atom. The molecular formula is C19H19N7. The summed E-state index contributed by atoms with van der Waals surface area (Å²) in [5, 5.41) is 9.67. The van der Waals surface area contributed by atoms with Gasteiger partial charge in [-0.2, -0.15) is 0 Å². The summed E-state index contributed by atoms with van der Waals surface area (Å²) in [4.78, 5) is 13.3. The van der Waals surface area contributed by atoms with Gasteiger partial charge in [-0.05, 0) is 30.3 Å². The van der Waals surface area contributed by atoms with E-state index in [2.05, 4.69) is 52.6 Å².